The first kappa shape index (κ1) is 12.5. The normalized spacial score (nSPS) is 26.8. The number of hydrogen-bond acceptors (Lipinski definition) is 2. The highest BCUT2D eigenvalue weighted by atomic mass is 19.1. The maximum absolute atomic E-state index is 13.1. The number of nitrogens with one attached hydrogen (secondary N) is 1. The molecule has 0 radical (unpaired) electrons. The van der Waals surface area contributed by atoms with Crippen LogP contribution in [0.25, 0.3) is 0 Å². The van der Waals surface area contributed by atoms with Crippen LogP contribution in [-0.2, 0) is 0 Å². The van der Waals surface area contributed by atoms with Crippen molar-refractivity contribution in [1.82, 2.24) is 5.32 Å². The lowest BCUT2D eigenvalue weighted by Gasteiger charge is -2.30. The van der Waals surface area contributed by atoms with Crippen LogP contribution in [0.3, 0.4) is 0 Å². The SMILES string of the molecule is CC(NC1CCCC(N)C1)c1cccc(F)c1. The molecule has 3 unspecified atom stereocenters. The summed E-state index contributed by atoms with van der Waals surface area (Å²) in [6.45, 7) is 2.08. The van der Waals surface area contributed by atoms with Gasteiger partial charge in [-0.25, -0.2) is 4.39 Å². The third kappa shape index (κ3) is 3.51. The molecule has 0 heterocycles. The van der Waals surface area contributed by atoms with Gasteiger partial charge in [0.2, 0.25) is 0 Å². The second-order valence-electron chi connectivity index (χ2n) is 5.07. The molecule has 3 atom stereocenters. The molecule has 1 aliphatic rings. The van der Waals surface area contributed by atoms with Crippen molar-refractivity contribution < 1.29 is 4.39 Å². The van der Waals surface area contributed by atoms with Gasteiger partial charge in [-0.2, -0.15) is 0 Å². The van der Waals surface area contributed by atoms with E-state index < -0.39 is 0 Å². The Kier molecular flexibility index (Phi) is 4.13. The molecule has 1 aromatic carbocycles. The van der Waals surface area contributed by atoms with Crippen LogP contribution in [0.1, 0.15) is 44.2 Å². The fraction of sp³-hybridized carbons (Fsp3) is 0.571. The summed E-state index contributed by atoms with van der Waals surface area (Å²) in [6.07, 6.45) is 4.52. The summed E-state index contributed by atoms with van der Waals surface area (Å²) < 4.78 is 13.1. The molecule has 1 aromatic rings. The number of halogens is 1. The van der Waals surface area contributed by atoms with E-state index in [9.17, 15) is 4.39 Å². The topological polar surface area (TPSA) is 38.0 Å². The Morgan fingerprint density at radius 2 is 2.24 bits per heavy atom. The van der Waals surface area contributed by atoms with Gasteiger partial charge >= 0.3 is 0 Å². The third-order valence-corrected chi connectivity index (χ3v) is 3.55. The van der Waals surface area contributed by atoms with E-state index in [0.717, 1.165) is 18.4 Å². The zero-order valence-corrected chi connectivity index (χ0v) is 10.3. The Bertz CT molecular complexity index is 367. The highest BCUT2D eigenvalue weighted by Gasteiger charge is 2.20. The third-order valence-electron chi connectivity index (χ3n) is 3.55. The Morgan fingerprint density at radius 1 is 1.41 bits per heavy atom. The zero-order valence-electron chi connectivity index (χ0n) is 10.3. The molecule has 94 valence electrons. The van der Waals surface area contributed by atoms with Gasteiger partial charge in [0.15, 0.2) is 0 Å². The molecule has 0 saturated heterocycles. The fourth-order valence-electron chi connectivity index (χ4n) is 2.60. The molecule has 0 bridgehead atoms. The zero-order chi connectivity index (χ0) is 12.3. The van der Waals surface area contributed by atoms with Crippen LogP contribution in [0.5, 0.6) is 0 Å². The highest BCUT2D eigenvalue weighted by molar-refractivity contribution is 5.19. The molecule has 0 amide bonds. The van der Waals surface area contributed by atoms with Crippen molar-refractivity contribution in [2.24, 2.45) is 5.73 Å². The van der Waals surface area contributed by atoms with Crippen molar-refractivity contribution in [2.45, 2.75) is 50.7 Å². The molecule has 1 fully saturated rings. The number of rotatable bonds is 3. The molecule has 1 saturated carbocycles. The summed E-state index contributed by atoms with van der Waals surface area (Å²) in [5, 5.41) is 3.55. The minimum atomic E-state index is -0.170. The van der Waals surface area contributed by atoms with Crippen LogP contribution >= 0.6 is 0 Å². The van der Waals surface area contributed by atoms with Gasteiger partial charge in [0.05, 0.1) is 0 Å². The van der Waals surface area contributed by atoms with Gasteiger partial charge in [-0.05, 0) is 43.9 Å². The van der Waals surface area contributed by atoms with Gasteiger partial charge in [-0.3, -0.25) is 0 Å². The van der Waals surface area contributed by atoms with E-state index in [1.54, 1.807) is 12.1 Å². The van der Waals surface area contributed by atoms with Crippen molar-refractivity contribution >= 4 is 0 Å². The van der Waals surface area contributed by atoms with E-state index >= 15 is 0 Å². The first-order valence-electron chi connectivity index (χ1n) is 6.42. The molecule has 0 aliphatic heterocycles. The minimum Gasteiger partial charge on any atom is -0.328 e. The number of nitrogens with two attached hydrogens (primary N) is 1. The lowest BCUT2D eigenvalue weighted by atomic mass is 9.91. The standard InChI is InChI=1S/C14H21FN2/c1-10(11-4-2-5-12(15)8-11)17-14-7-3-6-13(16)9-14/h2,4-5,8,10,13-14,17H,3,6-7,9,16H2,1H3. The first-order valence-corrected chi connectivity index (χ1v) is 6.42. The maximum atomic E-state index is 13.1. The number of benzene rings is 1. The van der Waals surface area contributed by atoms with E-state index in [2.05, 4.69) is 12.2 Å². The molecule has 3 heteroatoms. The van der Waals surface area contributed by atoms with Crippen LogP contribution in [-0.4, -0.2) is 12.1 Å². The second-order valence-corrected chi connectivity index (χ2v) is 5.07. The van der Waals surface area contributed by atoms with Crippen molar-refractivity contribution in [3.05, 3.63) is 35.6 Å². The predicted octanol–water partition coefficient (Wildman–Crippen LogP) is 2.75. The monoisotopic (exact) mass is 236 g/mol. The van der Waals surface area contributed by atoms with Gasteiger partial charge in [-0.1, -0.05) is 18.6 Å². The molecule has 0 aromatic heterocycles. The molecule has 3 N–H and O–H groups in total. The molecular formula is C14H21FN2. The van der Waals surface area contributed by atoms with E-state index in [-0.39, 0.29) is 11.9 Å². The lowest BCUT2D eigenvalue weighted by Crippen LogP contribution is -2.40. The molecule has 2 rings (SSSR count). The van der Waals surface area contributed by atoms with Gasteiger partial charge in [0.25, 0.3) is 0 Å². The van der Waals surface area contributed by atoms with Gasteiger partial charge < -0.3 is 11.1 Å². The van der Waals surface area contributed by atoms with Crippen molar-refractivity contribution in [1.29, 1.82) is 0 Å². The van der Waals surface area contributed by atoms with Gasteiger partial charge in [-0.15, -0.1) is 0 Å². The largest absolute Gasteiger partial charge is 0.328 e. The van der Waals surface area contributed by atoms with Gasteiger partial charge in [0, 0.05) is 18.1 Å². The minimum absolute atomic E-state index is 0.170. The number of hydrogen-bond donors (Lipinski definition) is 2. The Morgan fingerprint density at radius 3 is 2.94 bits per heavy atom. The maximum Gasteiger partial charge on any atom is 0.123 e. The Hall–Kier alpha value is -0.930. The van der Waals surface area contributed by atoms with Crippen molar-refractivity contribution in [3.8, 4) is 0 Å². The molecule has 17 heavy (non-hydrogen) atoms. The summed E-state index contributed by atoms with van der Waals surface area (Å²) in [6, 6.07) is 7.77. The predicted molar refractivity (Wildman–Crippen MR) is 68.2 cm³/mol. The summed E-state index contributed by atoms with van der Waals surface area (Å²) >= 11 is 0. The van der Waals surface area contributed by atoms with Crippen LogP contribution in [0.15, 0.2) is 24.3 Å². The summed E-state index contributed by atoms with van der Waals surface area (Å²) in [4.78, 5) is 0. The summed E-state index contributed by atoms with van der Waals surface area (Å²) in [5.41, 5.74) is 6.97. The van der Waals surface area contributed by atoms with Crippen molar-refractivity contribution in [3.63, 3.8) is 0 Å². The van der Waals surface area contributed by atoms with Gasteiger partial charge in [0.1, 0.15) is 5.82 Å². The van der Waals surface area contributed by atoms with Crippen molar-refractivity contribution in [2.75, 3.05) is 0 Å². The van der Waals surface area contributed by atoms with Crippen LogP contribution in [0.4, 0.5) is 4.39 Å². The van der Waals surface area contributed by atoms with E-state index in [4.69, 9.17) is 5.73 Å². The van der Waals surface area contributed by atoms with E-state index in [1.165, 1.54) is 18.9 Å². The quantitative estimate of drug-likeness (QED) is 0.847. The highest BCUT2D eigenvalue weighted by Crippen LogP contribution is 2.21. The van der Waals surface area contributed by atoms with Crippen LogP contribution in [0.2, 0.25) is 0 Å². The smallest absolute Gasteiger partial charge is 0.123 e. The first-order chi connectivity index (χ1) is 8.15. The Balaban J connectivity index is 1.94. The lowest BCUT2D eigenvalue weighted by molar-refractivity contribution is 0.318. The second kappa shape index (κ2) is 5.61. The molecule has 0 spiro atoms. The molecule has 2 nitrogen and oxygen atoms in total. The Labute approximate surface area is 102 Å². The van der Waals surface area contributed by atoms with E-state index in [0.29, 0.717) is 12.1 Å². The average molecular weight is 236 g/mol. The van der Waals surface area contributed by atoms with Crippen LogP contribution < -0.4 is 11.1 Å². The molecule has 1 aliphatic carbocycles. The summed E-state index contributed by atoms with van der Waals surface area (Å²) in [7, 11) is 0. The summed E-state index contributed by atoms with van der Waals surface area (Å²) in [5.74, 6) is -0.170. The molecular weight excluding hydrogens is 215 g/mol. The average Bonchev–Trinajstić information content (AvgIpc) is 2.29. The van der Waals surface area contributed by atoms with Crippen LogP contribution in [0, 0.1) is 5.82 Å². The fourth-order valence-corrected chi connectivity index (χ4v) is 2.60. The van der Waals surface area contributed by atoms with E-state index in [1.807, 2.05) is 6.07 Å².